The van der Waals surface area contributed by atoms with Crippen molar-refractivity contribution in [2.45, 2.75) is 18.9 Å². The van der Waals surface area contributed by atoms with Crippen LogP contribution in [0.15, 0.2) is 17.5 Å². The highest BCUT2D eigenvalue weighted by molar-refractivity contribution is 7.09. The first-order chi connectivity index (χ1) is 7.20. The first kappa shape index (κ1) is 12.2. The van der Waals surface area contributed by atoms with Crippen LogP contribution in [0.5, 0.6) is 0 Å². The minimum atomic E-state index is -0.935. The first-order valence-corrected chi connectivity index (χ1v) is 5.79. The Bertz CT molecular complexity index is 288. The molecular formula is C10H16N2O2S. The molecule has 0 saturated heterocycles. The average molecular weight is 228 g/mol. The van der Waals surface area contributed by atoms with Crippen LogP contribution in [0.3, 0.4) is 0 Å². The van der Waals surface area contributed by atoms with E-state index in [-0.39, 0.29) is 0 Å². The fourth-order valence-electron chi connectivity index (χ4n) is 1.17. The molecule has 84 valence electrons. The van der Waals surface area contributed by atoms with Crippen LogP contribution in [0.1, 0.15) is 11.3 Å². The molecule has 1 heterocycles. The highest BCUT2D eigenvalue weighted by atomic mass is 32.1. The van der Waals surface area contributed by atoms with Gasteiger partial charge in [0, 0.05) is 4.88 Å². The minimum Gasteiger partial charge on any atom is -0.480 e. The van der Waals surface area contributed by atoms with Gasteiger partial charge in [-0.05, 0) is 37.4 Å². The largest absolute Gasteiger partial charge is 0.480 e. The van der Waals surface area contributed by atoms with Gasteiger partial charge < -0.3 is 16.2 Å². The lowest BCUT2D eigenvalue weighted by molar-refractivity contribution is -0.138. The number of nitrogens with two attached hydrogens (primary N) is 1. The smallest absolute Gasteiger partial charge is 0.320 e. The van der Waals surface area contributed by atoms with Crippen LogP contribution in [-0.4, -0.2) is 30.2 Å². The van der Waals surface area contributed by atoms with Gasteiger partial charge in [0.1, 0.15) is 6.04 Å². The van der Waals surface area contributed by atoms with E-state index in [9.17, 15) is 4.79 Å². The molecule has 0 spiro atoms. The summed E-state index contributed by atoms with van der Waals surface area (Å²) in [5.74, 6) is -0.935. The third kappa shape index (κ3) is 4.92. The van der Waals surface area contributed by atoms with E-state index < -0.39 is 12.0 Å². The normalized spacial score (nSPS) is 12.6. The Balaban J connectivity index is 2.00. The third-order valence-corrected chi connectivity index (χ3v) is 3.01. The SMILES string of the molecule is NC(CCNCCc1cccs1)C(=O)O. The third-order valence-electron chi connectivity index (χ3n) is 2.08. The van der Waals surface area contributed by atoms with Crippen molar-refractivity contribution in [3.63, 3.8) is 0 Å². The summed E-state index contributed by atoms with van der Waals surface area (Å²) in [6.45, 7) is 1.52. The number of hydrogen-bond donors (Lipinski definition) is 3. The molecule has 1 aromatic rings. The van der Waals surface area contributed by atoms with Crippen LogP contribution < -0.4 is 11.1 Å². The fourth-order valence-corrected chi connectivity index (χ4v) is 1.88. The fraction of sp³-hybridized carbons (Fsp3) is 0.500. The van der Waals surface area contributed by atoms with E-state index in [2.05, 4.69) is 16.8 Å². The second kappa shape index (κ2) is 6.55. The van der Waals surface area contributed by atoms with E-state index in [1.807, 2.05) is 6.07 Å². The predicted octanol–water partition coefficient (Wildman–Crippen LogP) is 0.682. The van der Waals surface area contributed by atoms with E-state index in [4.69, 9.17) is 10.8 Å². The van der Waals surface area contributed by atoms with Gasteiger partial charge in [0.15, 0.2) is 0 Å². The summed E-state index contributed by atoms with van der Waals surface area (Å²) < 4.78 is 0. The van der Waals surface area contributed by atoms with Crippen molar-refractivity contribution in [3.8, 4) is 0 Å². The summed E-state index contributed by atoms with van der Waals surface area (Å²) in [6, 6.07) is 3.37. The minimum absolute atomic E-state index is 0.472. The molecule has 0 aliphatic heterocycles. The van der Waals surface area contributed by atoms with Crippen LogP contribution in [0.25, 0.3) is 0 Å². The zero-order chi connectivity index (χ0) is 11.1. The molecule has 1 aromatic heterocycles. The van der Waals surface area contributed by atoms with Gasteiger partial charge in [0.05, 0.1) is 0 Å². The van der Waals surface area contributed by atoms with Gasteiger partial charge in [-0.1, -0.05) is 6.07 Å². The van der Waals surface area contributed by atoms with Crippen LogP contribution in [0, 0.1) is 0 Å². The molecule has 0 aromatic carbocycles. The van der Waals surface area contributed by atoms with Crippen molar-refractivity contribution in [2.75, 3.05) is 13.1 Å². The summed E-state index contributed by atoms with van der Waals surface area (Å²) in [7, 11) is 0. The molecule has 1 unspecified atom stereocenters. The second-order valence-electron chi connectivity index (χ2n) is 3.31. The molecule has 5 heteroatoms. The van der Waals surface area contributed by atoms with Crippen LogP contribution in [-0.2, 0) is 11.2 Å². The average Bonchev–Trinajstić information content (AvgIpc) is 2.69. The van der Waals surface area contributed by atoms with Gasteiger partial charge in [-0.15, -0.1) is 11.3 Å². The van der Waals surface area contributed by atoms with Crippen LogP contribution in [0.4, 0.5) is 0 Å². The highest BCUT2D eigenvalue weighted by Crippen LogP contribution is 2.07. The Morgan fingerprint density at radius 3 is 3.00 bits per heavy atom. The lowest BCUT2D eigenvalue weighted by atomic mass is 10.2. The van der Waals surface area contributed by atoms with Crippen LogP contribution >= 0.6 is 11.3 Å². The number of carboxylic acids is 1. The van der Waals surface area contributed by atoms with Gasteiger partial charge in [0.25, 0.3) is 0 Å². The molecule has 0 amide bonds. The molecular weight excluding hydrogens is 212 g/mol. The molecule has 0 fully saturated rings. The zero-order valence-corrected chi connectivity index (χ0v) is 9.30. The van der Waals surface area contributed by atoms with Crippen molar-refractivity contribution >= 4 is 17.3 Å². The van der Waals surface area contributed by atoms with Gasteiger partial charge in [-0.25, -0.2) is 0 Å². The lowest BCUT2D eigenvalue weighted by Crippen LogP contribution is -2.34. The molecule has 4 nitrogen and oxygen atoms in total. The molecule has 15 heavy (non-hydrogen) atoms. The maximum absolute atomic E-state index is 10.4. The Morgan fingerprint density at radius 2 is 2.40 bits per heavy atom. The molecule has 0 aliphatic rings. The number of hydrogen-bond acceptors (Lipinski definition) is 4. The van der Waals surface area contributed by atoms with Gasteiger partial charge in [0.2, 0.25) is 0 Å². The van der Waals surface area contributed by atoms with Crippen molar-refractivity contribution in [3.05, 3.63) is 22.4 Å². The summed E-state index contributed by atoms with van der Waals surface area (Å²) in [6.07, 6.45) is 1.46. The van der Waals surface area contributed by atoms with E-state index >= 15 is 0 Å². The number of aliphatic carboxylic acids is 1. The summed E-state index contributed by atoms with van der Waals surface area (Å²) in [5.41, 5.74) is 5.36. The zero-order valence-electron chi connectivity index (χ0n) is 8.48. The molecule has 0 bridgehead atoms. The van der Waals surface area contributed by atoms with E-state index in [1.165, 1.54) is 4.88 Å². The van der Waals surface area contributed by atoms with Crippen molar-refractivity contribution < 1.29 is 9.90 Å². The number of carbonyl (C=O) groups is 1. The number of rotatable bonds is 7. The molecule has 1 rings (SSSR count). The molecule has 4 N–H and O–H groups in total. The van der Waals surface area contributed by atoms with E-state index in [0.717, 1.165) is 13.0 Å². The quantitative estimate of drug-likeness (QED) is 0.600. The lowest BCUT2D eigenvalue weighted by Gasteiger charge is -2.06. The monoisotopic (exact) mass is 228 g/mol. The van der Waals surface area contributed by atoms with Gasteiger partial charge >= 0.3 is 5.97 Å². The number of thiophene rings is 1. The molecule has 1 atom stereocenters. The second-order valence-corrected chi connectivity index (χ2v) is 4.35. The maximum Gasteiger partial charge on any atom is 0.320 e. The molecule has 0 radical (unpaired) electrons. The van der Waals surface area contributed by atoms with Gasteiger partial charge in [-0.2, -0.15) is 0 Å². The highest BCUT2D eigenvalue weighted by Gasteiger charge is 2.09. The van der Waals surface area contributed by atoms with Crippen molar-refractivity contribution in [1.29, 1.82) is 0 Å². The van der Waals surface area contributed by atoms with Crippen LogP contribution in [0.2, 0.25) is 0 Å². The Labute approximate surface area is 93.1 Å². The Kier molecular flexibility index (Phi) is 5.31. The van der Waals surface area contributed by atoms with Gasteiger partial charge in [-0.3, -0.25) is 4.79 Å². The van der Waals surface area contributed by atoms with Crippen molar-refractivity contribution in [1.82, 2.24) is 5.32 Å². The number of nitrogens with one attached hydrogen (secondary N) is 1. The first-order valence-electron chi connectivity index (χ1n) is 4.91. The topological polar surface area (TPSA) is 75.3 Å². The van der Waals surface area contributed by atoms with Crippen molar-refractivity contribution in [2.24, 2.45) is 5.73 Å². The Hall–Kier alpha value is -0.910. The number of carboxylic acid groups (broad SMARTS) is 1. The maximum atomic E-state index is 10.4. The summed E-state index contributed by atoms with van der Waals surface area (Å²) in [5, 5.41) is 13.8. The summed E-state index contributed by atoms with van der Waals surface area (Å²) in [4.78, 5) is 11.7. The molecule has 0 saturated carbocycles. The summed E-state index contributed by atoms with van der Waals surface area (Å²) >= 11 is 1.73. The Morgan fingerprint density at radius 1 is 1.60 bits per heavy atom. The molecule has 0 aliphatic carbocycles. The van der Waals surface area contributed by atoms with E-state index in [1.54, 1.807) is 11.3 Å². The predicted molar refractivity (Wildman–Crippen MR) is 61.1 cm³/mol. The van der Waals surface area contributed by atoms with E-state index in [0.29, 0.717) is 13.0 Å². The standard InChI is InChI=1S/C10H16N2O2S/c11-9(10(13)14)4-6-12-5-3-8-2-1-7-15-8/h1-2,7,9,12H,3-6,11H2,(H,13,14).